The van der Waals surface area contributed by atoms with Crippen molar-refractivity contribution in [2.75, 3.05) is 6.54 Å². The van der Waals surface area contributed by atoms with E-state index in [9.17, 15) is 8.78 Å². The summed E-state index contributed by atoms with van der Waals surface area (Å²) in [5, 5.41) is 3.37. The summed E-state index contributed by atoms with van der Waals surface area (Å²) in [5.41, 5.74) is 5.74. The Hall–Kier alpha value is -1.53. The molecule has 0 aromatic heterocycles. The quantitative estimate of drug-likeness (QED) is 0.495. The van der Waals surface area contributed by atoms with Crippen LogP contribution in [0.3, 0.4) is 0 Å². The Bertz CT molecular complexity index is 446. The van der Waals surface area contributed by atoms with E-state index in [0.717, 1.165) is 0 Å². The highest BCUT2D eigenvalue weighted by Gasteiger charge is 2.11. The van der Waals surface area contributed by atoms with Crippen molar-refractivity contribution in [3.63, 3.8) is 0 Å². The second kappa shape index (κ2) is 6.27. The number of nitrogens with zero attached hydrogens (tertiary/aromatic N) is 2. The zero-order valence-electron chi connectivity index (χ0n) is 8.78. The van der Waals surface area contributed by atoms with Crippen LogP contribution in [0.2, 0.25) is 5.02 Å². The lowest BCUT2D eigenvalue weighted by molar-refractivity contribution is 0.151. The Morgan fingerprint density at radius 3 is 2.71 bits per heavy atom. The van der Waals surface area contributed by atoms with E-state index < -0.39 is 6.43 Å². The van der Waals surface area contributed by atoms with E-state index in [1.165, 1.54) is 24.4 Å². The Kier molecular flexibility index (Phi) is 4.99. The molecule has 4 N–H and O–H groups in total. The third-order valence-electron chi connectivity index (χ3n) is 1.95. The first kappa shape index (κ1) is 13.5. The summed E-state index contributed by atoms with van der Waals surface area (Å²) in [6.45, 7) is 0.120. The molecule has 17 heavy (non-hydrogen) atoms. The molecule has 0 fully saturated rings. The van der Waals surface area contributed by atoms with Gasteiger partial charge in [0.15, 0.2) is 0 Å². The number of hydrogen-bond acceptors (Lipinski definition) is 4. The first-order valence-corrected chi connectivity index (χ1v) is 5.04. The lowest BCUT2D eigenvalue weighted by atomic mass is 10.2. The van der Waals surface area contributed by atoms with Crippen LogP contribution in [0, 0.1) is 0 Å². The maximum Gasteiger partial charge on any atom is 0.265 e. The molecule has 7 heteroatoms. The van der Waals surface area contributed by atoms with E-state index in [4.69, 9.17) is 23.2 Å². The predicted molar refractivity (Wildman–Crippen MR) is 65.2 cm³/mol. The summed E-state index contributed by atoms with van der Waals surface area (Å²) in [5.74, 6) is 5.03. The molecule has 0 aliphatic rings. The van der Waals surface area contributed by atoms with E-state index in [2.05, 4.69) is 10.1 Å². The van der Waals surface area contributed by atoms with Gasteiger partial charge in [-0.2, -0.15) is 5.10 Å². The second-order valence-electron chi connectivity index (χ2n) is 3.09. The summed E-state index contributed by atoms with van der Waals surface area (Å²) in [6.07, 6.45) is -1.33. The van der Waals surface area contributed by atoms with Gasteiger partial charge in [-0.05, 0) is 18.2 Å². The van der Waals surface area contributed by atoms with Gasteiger partial charge in [0, 0.05) is 17.1 Å². The number of benzene rings is 1. The van der Waals surface area contributed by atoms with Crippen LogP contribution in [0.15, 0.2) is 28.3 Å². The molecule has 1 rings (SSSR count). The maximum absolute atomic E-state index is 12.5. The Morgan fingerprint density at radius 2 is 2.18 bits per heavy atom. The fourth-order valence-electron chi connectivity index (χ4n) is 1.07. The molecule has 0 saturated heterocycles. The molecule has 0 spiro atoms. The van der Waals surface area contributed by atoms with E-state index in [1.807, 2.05) is 0 Å². The maximum atomic E-state index is 12.5. The minimum atomic E-state index is -2.64. The average Bonchev–Trinajstić information content (AvgIpc) is 2.32. The molecular weight excluding hydrogens is 250 g/mol. The topological polar surface area (TPSA) is 76.8 Å². The van der Waals surface area contributed by atoms with Gasteiger partial charge in [0.1, 0.15) is 0 Å². The summed E-state index contributed by atoms with van der Waals surface area (Å²) >= 11 is 5.61. The first-order valence-electron chi connectivity index (χ1n) is 4.67. The summed E-state index contributed by atoms with van der Waals surface area (Å²) < 4.78 is 25.1. The Labute approximate surface area is 102 Å². The fraction of sp³-hybridized carbons (Fsp3) is 0.200. The van der Waals surface area contributed by atoms with Crippen LogP contribution in [-0.2, 0) is 0 Å². The lowest BCUT2D eigenvalue weighted by Crippen LogP contribution is -2.16. The van der Waals surface area contributed by atoms with E-state index in [-0.39, 0.29) is 17.1 Å². The van der Waals surface area contributed by atoms with Gasteiger partial charge in [0.25, 0.3) is 6.43 Å². The van der Waals surface area contributed by atoms with Crippen LogP contribution >= 0.6 is 11.6 Å². The van der Waals surface area contributed by atoms with Gasteiger partial charge >= 0.3 is 0 Å². The molecule has 0 saturated carbocycles. The van der Waals surface area contributed by atoms with Gasteiger partial charge in [-0.1, -0.05) is 11.6 Å². The first-order chi connectivity index (χ1) is 8.08. The van der Waals surface area contributed by atoms with Gasteiger partial charge in [-0.25, -0.2) is 8.78 Å². The number of aliphatic imine (C=N–C) groups is 1. The average molecular weight is 261 g/mol. The second-order valence-corrected chi connectivity index (χ2v) is 3.50. The molecular formula is C10H11ClF2N4. The monoisotopic (exact) mass is 260 g/mol. The molecule has 0 radical (unpaired) electrons. The van der Waals surface area contributed by atoms with E-state index >= 15 is 0 Å². The molecule has 0 amide bonds. The van der Waals surface area contributed by atoms with Crippen LogP contribution in [-0.4, -0.2) is 18.5 Å². The summed E-state index contributed by atoms with van der Waals surface area (Å²) in [6, 6.07) is 4.07. The third-order valence-corrected chi connectivity index (χ3v) is 2.30. The van der Waals surface area contributed by atoms with Crippen molar-refractivity contribution in [1.29, 1.82) is 0 Å². The highest BCUT2D eigenvalue weighted by atomic mass is 35.5. The number of halogens is 3. The highest BCUT2D eigenvalue weighted by Crippen LogP contribution is 2.30. The predicted octanol–water partition coefficient (Wildman–Crippen LogP) is 2.25. The Morgan fingerprint density at radius 1 is 1.47 bits per heavy atom. The minimum Gasteiger partial charge on any atom is -0.325 e. The molecule has 1 aromatic rings. The molecule has 0 aliphatic heterocycles. The van der Waals surface area contributed by atoms with Gasteiger partial charge in [-0.15, -0.1) is 0 Å². The molecule has 0 unspecified atom stereocenters. The minimum absolute atomic E-state index is 0.00508. The van der Waals surface area contributed by atoms with Crippen molar-refractivity contribution < 1.29 is 8.78 Å². The summed E-state index contributed by atoms with van der Waals surface area (Å²) in [4.78, 5) is 3.92. The number of nitrogens with two attached hydrogens (primary N) is 2. The number of rotatable bonds is 4. The third kappa shape index (κ3) is 3.76. The molecule has 0 aliphatic carbocycles. The molecule has 0 atom stereocenters. The SMILES string of the molecule is NCC(C=Nc1ccc(Cl)c(C(F)F)c1)=NN. The van der Waals surface area contributed by atoms with Crippen molar-refractivity contribution in [1.82, 2.24) is 0 Å². The summed E-state index contributed by atoms with van der Waals surface area (Å²) in [7, 11) is 0. The van der Waals surface area contributed by atoms with Crippen molar-refractivity contribution in [3.8, 4) is 0 Å². The van der Waals surface area contributed by atoms with Gasteiger partial charge in [0.2, 0.25) is 0 Å². The van der Waals surface area contributed by atoms with Crippen molar-refractivity contribution in [2.45, 2.75) is 6.43 Å². The molecule has 0 heterocycles. The van der Waals surface area contributed by atoms with Crippen molar-refractivity contribution in [2.24, 2.45) is 21.7 Å². The zero-order chi connectivity index (χ0) is 12.8. The van der Waals surface area contributed by atoms with E-state index in [0.29, 0.717) is 11.4 Å². The molecule has 0 bridgehead atoms. The van der Waals surface area contributed by atoms with Crippen LogP contribution in [0.4, 0.5) is 14.5 Å². The van der Waals surface area contributed by atoms with Crippen LogP contribution in [0.25, 0.3) is 0 Å². The van der Waals surface area contributed by atoms with Crippen LogP contribution in [0.5, 0.6) is 0 Å². The Balaban J connectivity index is 2.97. The molecule has 4 nitrogen and oxygen atoms in total. The number of hydrazone groups is 1. The lowest BCUT2D eigenvalue weighted by Gasteiger charge is -2.03. The standard InChI is InChI=1S/C10H11ClF2N4/c11-9-2-1-6(3-8(9)10(12)13)16-5-7(4-14)17-15/h1-3,5,10H,4,14-15H2. The zero-order valence-corrected chi connectivity index (χ0v) is 9.53. The fourth-order valence-corrected chi connectivity index (χ4v) is 1.27. The van der Waals surface area contributed by atoms with E-state index in [1.54, 1.807) is 0 Å². The number of alkyl halides is 2. The van der Waals surface area contributed by atoms with Gasteiger partial charge in [-0.3, -0.25) is 4.99 Å². The molecule has 1 aromatic carbocycles. The van der Waals surface area contributed by atoms with Gasteiger partial charge in [0.05, 0.1) is 17.6 Å². The number of hydrogen-bond donors (Lipinski definition) is 2. The van der Waals surface area contributed by atoms with Crippen LogP contribution in [0.1, 0.15) is 12.0 Å². The largest absolute Gasteiger partial charge is 0.325 e. The molecule has 92 valence electrons. The smallest absolute Gasteiger partial charge is 0.265 e. The van der Waals surface area contributed by atoms with Gasteiger partial charge < -0.3 is 11.6 Å². The van der Waals surface area contributed by atoms with Crippen LogP contribution < -0.4 is 11.6 Å². The normalized spacial score (nSPS) is 12.6. The van der Waals surface area contributed by atoms with Crippen molar-refractivity contribution >= 4 is 29.2 Å². The highest BCUT2D eigenvalue weighted by molar-refractivity contribution is 6.32. The van der Waals surface area contributed by atoms with Crippen molar-refractivity contribution in [3.05, 3.63) is 28.8 Å².